The molecule has 6 nitrogen and oxygen atoms in total. The lowest BCUT2D eigenvalue weighted by Gasteiger charge is -2.08. The molecule has 0 bridgehead atoms. The third-order valence-electron chi connectivity index (χ3n) is 2.94. The number of ether oxygens (including phenoxy) is 2. The number of nitrogens with zero attached hydrogens (tertiary/aromatic N) is 2. The van der Waals surface area contributed by atoms with E-state index in [1.54, 1.807) is 18.2 Å². The first-order valence-electron chi connectivity index (χ1n) is 6.19. The number of hydrogen-bond donors (Lipinski definition) is 1. The second-order valence-electron chi connectivity index (χ2n) is 4.36. The van der Waals surface area contributed by atoms with Gasteiger partial charge in [-0.05, 0) is 12.1 Å². The van der Waals surface area contributed by atoms with Crippen LogP contribution in [-0.4, -0.2) is 22.5 Å². The summed E-state index contributed by atoms with van der Waals surface area (Å²) < 4.78 is 12.3. The Labute approximate surface area is 124 Å². The fourth-order valence-electron chi connectivity index (χ4n) is 1.94. The predicted octanol–water partition coefficient (Wildman–Crippen LogP) is 2.34. The molecular formula is C14H13N3O3S. The number of anilines is 1. The molecule has 0 amide bonds. The molecule has 7 heteroatoms. The molecule has 21 heavy (non-hydrogen) atoms. The van der Waals surface area contributed by atoms with Gasteiger partial charge in [0.25, 0.3) is 0 Å². The first-order valence-corrected chi connectivity index (χ1v) is 7.07. The molecule has 0 aliphatic carbocycles. The Morgan fingerprint density at radius 2 is 2.33 bits per heavy atom. The van der Waals surface area contributed by atoms with Crippen molar-refractivity contribution in [3.05, 3.63) is 47.2 Å². The third-order valence-corrected chi connectivity index (χ3v) is 3.71. The van der Waals surface area contributed by atoms with Gasteiger partial charge >= 0.3 is 5.97 Å². The van der Waals surface area contributed by atoms with Crippen LogP contribution in [-0.2, 0) is 11.3 Å². The maximum Gasteiger partial charge on any atom is 0.342 e. The van der Waals surface area contributed by atoms with E-state index in [1.807, 2.05) is 22.2 Å². The number of esters is 1. The van der Waals surface area contributed by atoms with E-state index < -0.39 is 5.97 Å². The number of aromatic nitrogens is 2. The Hall–Kier alpha value is -2.54. The maximum absolute atomic E-state index is 12.1. The number of imidazole rings is 1. The van der Waals surface area contributed by atoms with Gasteiger partial charge in [0.2, 0.25) is 0 Å². The van der Waals surface area contributed by atoms with Gasteiger partial charge in [-0.3, -0.25) is 4.40 Å². The Morgan fingerprint density at radius 3 is 3.10 bits per heavy atom. The molecule has 108 valence electrons. The molecule has 0 saturated carbocycles. The minimum atomic E-state index is -0.469. The average Bonchev–Trinajstić information content (AvgIpc) is 3.05. The van der Waals surface area contributed by atoms with Crippen molar-refractivity contribution in [2.45, 2.75) is 6.61 Å². The van der Waals surface area contributed by atoms with Gasteiger partial charge in [-0.15, -0.1) is 11.3 Å². The van der Waals surface area contributed by atoms with Crippen LogP contribution >= 0.6 is 11.3 Å². The summed E-state index contributed by atoms with van der Waals surface area (Å²) in [5, 5.41) is 1.94. The minimum absolute atomic E-state index is 0.112. The van der Waals surface area contributed by atoms with Crippen LogP contribution in [0.3, 0.4) is 0 Å². The SMILES string of the molecule is COc1cc(N)ccc1C(=O)OCc1cn2ccsc2n1. The van der Waals surface area contributed by atoms with Gasteiger partial charge < -0.3 is 15.2 Å². The molecule has 0 aliphatic heterocycles. The number of nitrogens with two attached hydrogens (primary N) is 1. The van der Waals surface area contributed by atoms with Crippen molar-refractivity contribution in [3.63, 3.8) is 0 Å². The van der Waals surface area contributed by atoms with Crippen LogP contribution in [0.1, 0.15) is 16.1 Å². The lowest BCUT2D eigenvalue weighted by atomic mass is 10.2. The summed E-state index contributed by atoms with van der Waals surface area (Å²) in [6, 6.07) is 4.80. The molecule has 2 heterocycles. The first-order chi connectivity index (χ1) is 10.2. The fraction of sp³-hybridized carbons (Fsp3) is 0.143. The number of carbonyl (C=O) groups is 1. The van der Waals surface area contributed by atoms with E-state index in [9.17, 15) is 4.79 Å². The zero-order valence-electron chi connectivity index (χ0n) is 11.3. The monoisotopic (exact) mass is 303 g/mol. The maximum atomic E-state index is 12.1. The van der Waals surface area contributed by atoms with Gasteiger partial charge in [0.1, 0.15) is 17.9 Å². The van der Waals surface area contributed by atoms with Crippen molar-refractivity contribution in [2.24, 2.45) is 0 Å². The van der Waals surface area contributed by atoms with E-state index in [0.717, 1.165) is 4.96 Å². The number of hydrogen-bond acceptors (Lipinski definition) is 6. The normalized spacial score (nSPS) is 10.7. The van der Waals surface area contributed by atoms with Crippen molar-refractivity contribution >= 4 is 28.0 Å². The number of thiazole rings is 1. The standard InChI is InChI=1S/C14H13N3O3S/c1-19-12-6-9(15)2-3-11(12)13(18)20-8-10-7-17-4-5-21-14(17)16-10/h2-7H,8,15H2,1H3. The molecule has 0 fully saturated rings. The van der Waals surface area contributed by atoms with Crippen molar-refractivity contribution in [1.29, 1.82) is 0 Å². The quantitative estimate of drug-likeness (QED) is 0.591. The molecule has 0 saturated heterocycles. The summed E-state index contributed by atoms with van der Waals surface area (Å²) >= 11 is 1.52. The number of methoxy groups -OCH3 is 1. The summed E-state index contributed by atoms with van der Waals surface area (Å²) in [5.74, 6) is -0.0750. The first kappa shape index (κ1) is 13.4. The van der Waals surface area contributed by atoms with E-state index >= 15 is 0 Å². The van der Waals surface area contributed by atoms with Gasteiger partial charge in [-0.25, -0.2) is 9.78 Å². The zero-order valence-corrected chi connectivity index (χ0v) is 12.1. The lowest BCUT2D eigenvalue weighted by Crippen LogP contribution is -2.07. The van der Waals surface area contributed by atoms with Gasteiger partial charge in [0.05, 0.1) is 12.8 Å². The topological polar surface area (TPSA) is 78.8 Å². The van der Waals surface area contributed by atoms with E-state index in [4.69, 9.17) is 15.2 Å². The largest absolute Gasteiger partial charge is 0.496 e. The van der Waals surface area contributed by atoms with Crippen LogP contribution in [0, 0.1) is 0 Å². The molecule has 2 N–H and O–H groups in total. The number of nitrogen functional groups attached to an aromatic ring is 1. The molecule has 3 rings (SSSR count). The smallest absolute Gasteiger partial charge is 0.342 e. The van der Waals surface area contributed by atoms with Crippen molar-refractivity contribution in [3.8, 4) is 5.75 Å². The van der Waals surface area contributed by atoms with E-state index in [-0.39, 0.29) is 6.61 Å². The van der Waals surface area contributed by atoms with Crippen LogP contribution in [0.25, 0.3) is 4.96 Å². The molecule has 1 aromatic carbocycles. The number of fused-ring (bicyclic) bond motifs is 1. The molecule has 0 radical (unpaired) electrons. The molecule has 2 aromatic heterocycles. The lowest BCUT2D eigenvalue weighted by molar-refractivity contribution is 0.0465. The summed E-state index contributed by atoms with van der Waals surface area (Å²) in [6.07, 6.45) is 3.74. The number of carbonyl (C=O) groups excluding carboxylic acids is 1. The number of benzene rings is 1. The van der Waals surface area contributed by atoms with E-state index in [0.29, 0.717) is 22.7 Å². The second-order valence-corrected chi connectivity index (χ2v) is 5.23. The predicted molar refractivity (Wildman–Crippen MR) is 79.6 cm³/mol. The molecule has 0 aliphatic rings. The van der Waals surface area contributed by atoms with Crippen LogP contribution in [0.15, 0.2) is 36.0 Å². The Morgan fingerprint density at radius 1 is 1.48 bits per heavy atom. The summed E-state index contributed by atoms with van der Waals surface area (Å²) in [4.78, 5) is 17.3. The highest BCUT2D eigenvalue weighted by molar-refractivity contribution is 7.15. The van der Waals surface area contributed by atoms with Crippen molar-refractivity contribution in [1.82, 2.24) is 9.38 Å². The third kappa shape index (κ3) is 2.68. The van der Waals surface area contributed by atoms with Gasteiger partial charge in [0, 0.05) is 29.5 Å². The fourth-order valence-corrected chi connectivity index (χ4v) is 2.66. The van der Waals surface area contributed by atoms with Crippen LogP contribution in [0.5, 0.6) is 5.75 Å². The number of rotatable bonds is 4. The highest BCUT2D eigenvalue weighted by Gasteiger charge is 2.15. The van der Waals surface area contributed by atoms with Crippen LogP contribution < -0.4 is 10.5 Å². The zero-order chi connectivity index (χ0) is 14.8. The van der Waals surface area contributed by atoms with E-state index in [2.05, 4.69) is 4.98 Å². The molecular weight excluding hydrogens is 290 g/mol. The van der Waals surface area contributed by atoms with E-state index in [1.165, 1.54) is 18.4 Å². The van der Waals surface area contributed by atoms with Crippen LogP contribution in [0.4, 0.5) is 5.69 Å². The van der Waals surface area contributed by atoms with Crippen LogP contribution in [0.2, 0.25) is 0 Å². The highest BCUT2D eigenvalue weighted by atomic mass is 32.1. The summed E-state index contributed by atoms with van der Waals surface area (Å²) in [5.41, 5.74) is 7.22. The molecule has 3 aromatic rings. The summed E-state index contributed by atoms with van der Waals surface area (Å²) in [6.45, 7) is 0.112. The van der Waals surface area contributed by atoms with Gasteiger partial charge in [-0.2, -0.15) is 0 Å². The second kappa shape index (κ2) is 5.45. The average molecular weight is 303 g/mol. The molecule has 0 unspecified atom stereocenters. The highest BCUT2D eigenvalue weighted by Crippen LogP contribution is 2.22. The Kier molecular flexibility index (Phi) is 3.49. The van der Waals surface area contributed by atoms with Crippen molar-refractivity contribution in [2.75, 3.05) is 12.8 Å². The molecule has 0 atom stereocenters. The molecule has 0 spiro atoms. The van der Waals surface area contributed by atoms with Gasteiger partial charge in [-0.1, -0.05) is 0 Å². The van der Waals surface area contributed by atoms with Gasteiger partial charge in [0.15, 0.2) is 4.96 Å². The summed E-state index contributed by atoms with van der Waals surface area (Å²) in [7, 11) is 1.48. The Bertz CT molecular complexity index is 765. The minimum Gasteiger partial charge on any atom is -0.496 e. The Balaban J connectivity index is 1.73. The van der Waals surface area contributed by atoms with Crippen molar-refractivity contribution < 1.29 is 14.3 Å².